The van der Waals surface area contributed by atoms with Crippen molar-refractivity contribution < 1.29 is 0 Å². The normalized spacial score (nSPS) is 11.4. The number of anilines is 3. The van der Waals surface area contributed by atoms with Crippen molar-refractivity contribution in [1.29, 1.82) is 0 Å². The van der Waals surface area contributed by atoms with Gasteiger partial charge in [0.15, 0.2) is 0 Å². The largest absolute Gasteiger partial charge is 0.310 e. The summed E-state index contributed by atoms with van der Waals surface area (Å²) in [6.45, 7) is 0. The number of rotatable bonds is 9. The van der Waals surface area contributed by atoms with Gasteiger partial charge in [0.1, 0.15) is 0 Å². The standard InChI is InChI=1S/C68H46N2/c1-3-18-47(19-4-1)58-27-9-10-28-59(58)48-36-40-55(41-37-48)69(56-42-38-49(39-43-56)65-46-53-20-7-8-29-60(53)62-30-11-12-31-63(62)65)57-26-16-22-51(45-57)50-21-15-23-52(44-50)61-33-17-35-67-68(61)64-32-13-14-34-66(64)70(67)54-24-5-2-6-25-54/h1-46H. The van der Waals surface area contributed by atoms with Gasteiger partial charge in [-0.3, -0.25) is 0 Å². The Kier molecular flexibility index (Phi) is 10.2. The molecular weight excluding hydrogens is 845 g/mol. The van der Waals surface area contributed by atoms with Crippen LogP contribution in [0.5, 0.6) is 0 Å². The number of nitrogens with zero attached hydrogens (tertiary/aromatic N) is 2. The molecule has 70 heavy (non-hydrogen) atoms. The predicted molar refractivity (Wildman–Crippen MR) is 298 cm³/mol. The molecule has 0 bridgehead atoms. The van der Waals surface area contributed by atoms with Crippen LogP contribution in [0.3, 0.4) is 0 Å². The summed E-state index contributed by atoms with van der Waals surface area (Å²) in [5.41, 5.74) is 18.7. The molecule has 328 valence electrons. The lowest BCUT2D eigenvalue weighted by Crippen LogP contribution is -2.10. The predicted octanol–water partition coefficient (Wildman–Crippen LogP) is 18.9. The third kappa shape index (κ3) is 7.22. The van der Waals surface area contributed by atoms with E-state index in [0.717, 1.165) is 33.9 Å². The fraction of sp³-hybridized carbons (Fsp3) is 0. The first kappa shape index (κ1) is 41.0. The fourth-order valence-corrected chi connectivity index (χ4v) is 10.7. The summed E-state index contributed by atoms with van der Waals surface area (Å²) in [5, 5.41) is 7.55. The van der Waals surface area contributed by atoms with Crippen molar-refractivity contribution in [2.24, 2.45) is 0 Å². The van der Waals surface area contributed by atoms with Gasteiger partial charge in [-0.1, -0.05) is 206 Å². The first-order valence-corrected chi connectivity index (χ1v) is 24.1. The van der Waals surface area contributed by atoms with Crippen LogP contribution in [0, 0.1) is 0 Å². The van der Waals surface area contributed by atoms with E-state index >= 15 is 0 Å². The number of aromatic nitrogens is 1. The maximum atomic E-state index is 2.39. The Balaban J connectivity index is 0.920. The molecule has 2 heteroatoms. The Morgan fingerprint density at radius 3 is 1.46 bits per heavy atom. The van der Waals surface area contributed by atoms with Crippen LogP contribution in [0.2, 0.25) is 0 Å². The van der Waals surface area contributed by atoms with Crippen molar-refractivity contribution >= 4 is 60.4 Å². The lowest BCUT2D eigenvalue weighted by Gasteiger charge is -2.27. The molecule has 0 unspecified atom stereocenters. The average molecular weight is 891 g/mol. The van der Waals surface area contributed by atoms with E-state index in [0.29, 0.717) is 0 Å². The number of hydrogen-bond donors (Lipinski definition) is 0. The molecule has 0 radical (unpaired) electrons. The maximum absolute atomic E-state index is 2.39. The lowest BCUT2D eigenvalue weighted by molar-refractivity contribution is 1.18. The summed E-state index contributed by atoms with van der Waals surface area (Å²) in [4.78, 5) is 2.39. The summed E-state index contributed by atoms with van der Waals surface area (Å²) in [5.74, 6) is 0. The van der Waals surface area contributed by atoms with Gasteiger partial charge in [-0.25, -0.2) is 0 Å². The Morgan fingerprint density at radius 2 is 0.729 bits per heavy atom. The molecule has 0 saturated carbocycles. The molecule has 0 N–H and O–H groups in total. The molecule has 12 aromatic carbocycles. The highest BCUT2D eigenvalue weighted by molar-refractivity contribution is 6.16. The van der Waals surface area contributed by atoms with E-state index < -0.39 is 0 Å². The van der Waals surface area contributed by atoms with Crippen molar-refractivity contribution in [3.63, 3.8) is 0 Å². The van der Waals surface area contributed by atoms with E-state index in [1.54, 1.807) is 0 Å². The van der Waals surface area contributed by atoms with Crippen LogP contribution >= 0.6 is 0 Å². The minimum atomic E-state index is 1.08. The zero-order valence-electron chi connectivity index (χ0n) is 38.5. The molecule has 0 saturated heterocycles. The van der Waals surface area contributed by atoms with Crippen molar-refractivity contribution in [3.05, 3.63) is 279 Å². The van der Waals surface area contributed by atoms with Gasteiger partial charge in [0.05, 0.1) is 11.0 Å². The molecule has 2 nitrogen and oxygen atoms in total. The molecule has 0 fully saturated rings. The van der Waals surface area contributed by atoms with Gasteiger partial charge in [-0.2, -0.15) is 0 Å². The summed E-state index contributed by atoms with van der Waals surface area (Å²) >= 11 is 0. The first-order valence-electron chi connectivity index (χ1n) is 24.1. The number of benzene rings is 12. The van der Waals surface area contributed by atoms with E-state index in [4.69, 9.17) is 0 Å². The van der Waals surface area contributed by atoms with Crippen molar-refractivity contribution in [1.82, 2.24) is 4.57 Å². The summed E-state index contributed by atoms with van der Waals surface area (Å²) in [6, 6.07) is 102. The Morgan fingerprint density at radius 1 is 0.243 bits per heavy atom. The molecule has 1 aromatic heterocycles. The second-order valence-corrected chi connectivity index (χ2v) is 18.1. The second-order valence-electron chi connectivity index (χ2n) is 18.1. The van der Waals surface area contributed by atoms with E-state index in [2.05, 4.69) is 289 Å². The summed E-state index contributed by atoms with van der Waals surface area (Å²) in [7, 11) is 0. The third-order valence-electron chi connectivity index (χ3n) is 14.0. The van der Waals surface area contributed by atoms with Gasteiger partial charge >= 0.3 is 0 Å². The van der Waals surface area contributed by atoms with Crippen molar-refractivity contribution in [3.8, 4) is 61.3 Å². The fourth-order valence-electron chi connectivity index (χ4n) is 10.7. The lowest BCUT2D eigenvalue weighted by atomic mass is 9.93. The zero-order chi connectivity index (χ0) is 46.4. The van der Waals surface area contributed by atoms with Crippen LogP contribution in [0.25, 0.3) is 105 Å². The zero-order valence-corrected chi connectivity index (χ0v) is 38.5. The summed E-state index contributed by atoms with van der Waals surface area (Å²) < 4.78 is 2.39. The van der Waals surface area contributed by atoms with Gasteiger partial charge in [-0.05, 0) is 150 Å². The first-order chi connectivity index (χ1) is 34.7. The Bertz CT molecular complexity index is 4040. The highest BCUT2D eigenvalue weighted by Crippen LogP contribution is 2.43. The van der Waals surface area contributed by atoms with E-state index in [9.17, 15) is 0 Å². The van der Waals surface area contributed by atoms with Gasteiger partial charge in [-0.15, -0.1) is 0 Å². The van der Waals surface area contributed by atoms with Crippen LogP contribution in [-0.2, 0) is 0 Å². The molecular formula is C68H46N2. The quantitative estimate of drug-likeness (QED) is 0.131. The molecule has 0 aliphatic carbocycles. The Hall–Kier alpha value is -9.24. The number of fused-ring (bicyclic) bond motifs is 6. The molecule has 0 spiro atoms. The van der Waals surface area contributed by atoms with Crippen LogP contribution in [0.4, 0.5) is 17.1 Å². The molecule has 13 rings (SSSR count). The van der Waals surface area contributed by atoms with Gasteiger partial charge in [0.2, 0.25) is 0 Å². The minimum Gasteiger partial charge on any atom is -0.310 e. The van der Waals surface area contributed by atoms with Crippen LogP contribution in [0.15, 0.2) is 279 Å². The highest BCUT2D eigenvalue weighted by atomic mass is 15.1. The Labute approximate surface area is 408 Å². The smallest absolute Gasteiger partial charge is 0.0547 e. The molecule has 0 aliphatic rings. The monoisotopic (exact) mass is 890 g/mol. The van der Waals surface area contributed by atoms with E-state index in [1.165, 1.54) is 87.9 Å². The van der Waals surface area contributed by atoms with Gasteiger partial charge in [0.25, 0.3) is 0 Å². The minimum absolute atomic E-state index is 1.08. The molecule has 1 heterocycles. The third-order valence-corrected chi connectivity index (χ3v) is 14.0. The topological polar surface area (TPSA) is 8.17 Å². The van der Waals surface area contributed by atoms with Crippen LogP contribution < -0.4 is 4.90 Å². The van der Waals surface area contributed by atoms with Crippen LogP contribution in [0.1, 0.15) is 0 Å². The van der Waals surface area contributed by atoms with Gasteiger partial charge in [0, 0.05) is 33.5 Å². The number of hydrogen-bond acceptors (Lipinski definition) is 1. The second kappa shape index (κ2) is 17.4. The average Bonchev–Trinajstić information content (AvgIpc) is 3.79. The van der Waals surface area contributed by atoms with Crippen LogP contribution in [-0.4, -0.2) is 4.57 Å². The molecule has 13 aromatic rings. The van der Waals surface area contributed by atoms with E-state index in [1.807, 2.05) is 0 Å². The SMILES string of the molecule is c1ccc(-c2ccccc2-c2ccc(N(c3ccc(-c4cc5ccccc5c5ccccc45)cc3)c3cccc(-c4cccc(-c5cccc6c5c5ccccc5n6-c5ccccc5)c4)c3)cc2)cc1. The molecule has 0 amide bonds. The molecule has 0 aliphatic heterocycles. The van der Waals surface area contributed by atoms with Crippen molar-refractivity contribution in [2.75, 3.05) is 4.90 Å². The maximum Gasteiger partial charge on any atom is 0.0547 e. The van der Waals surface area contributed by atoms with Gasteiger partial charge < -0.3 is 9.47 Å². The highest BCUT2D eigenvalue weighted by Gasteiger charge is 2.19. The molecule has 0 atom stereocenters. The van der Waals surface area contributed by atoms with Crippen molar-refractivity contribution in [2.45, 2.75) is 0 Å². The summed E-state index contributed by atoms with van der Waals surface area (Å²) in [6.07, 6.45) is 0. The number of para-hydroxylation sites is 2. The van der Waals surface area contributed by atoms with E-state index in [-0.39, 0.29) is 0 Å².